The van der Waals surface area contributed by atoms with E-state index >= 15 is 0 Å². The van der Waals surface area contributed by atoms with Gasteiger partial charge in [-0.3, -0.25) is 4.79 Å². The number of anilines is 1. The van der Waals surface area contributed by atoms with Crippen molar-refractivity contribution in [2.45, 2.75) is 70.5 Å². The van der Waals surface area contributed by atoms with Crippen LogP contribution >= 0.6 is 0 Å². The number of benzene rings is 1. The maximum absolute atomic E-state index is 13.1. The van der Waals surface area contributed by atoms with Crippen LogP contribution in [0.25, 0.3) is 0 Å². The number of nitrogens with zero attached hydrogens (tertiary/aromatic N) is 1. The minimum Gasteiger partial charge on any atom is -0.443 e. The summed E-state index contributed by atoms with van der Waals surface area (Å²) in [6.07, 6.45) is 5.14. The van der Waals surface area contributed by atoms with Gasteiger partial charge in [-0.05, 0) is 39.2 Å². The highest BCUT2D eigenvalue weighted by Gasteiger charge is 2.53. The Morgan fingerprint density at radius 2 is 1.88 bits per heavy atom. The van der Waals surface area contributed by atoms with Gasteiger partial charge in [-0.2, -0.15) is 0 Å². The first-order valence-corrected chi connectivity index (χ1v) is 9.12. The van der Waals surface area contributed by atoms with Gasteiger partial charge in [0.1, 0.15) is 5.60 Å². The molecule has 136 valence electrons. The minimum atomic E-state index is -1.64. The maximum Gasteiger partial charge on any atom is 0.421 e. The molecule has 0 saturated heterocycles. The fraction of sp³-hybridized carbons (Fsp3) is 0.600. The van der Waals surface area contributed by atoms with E-state index in [0.717, 1.165) is 30.6 Å². The van der Waals surface area contributed by atoms with E-state index in [9.17, 15) is 14.7 Å². The Balaban J connectivity index is 1.93. The van der Waals surface area contributed by atoms with E-state index in [1.165, 1.54) is 6.42 Å². The molecule has 0 spiro atoms. The summed E-state index contributed by atoms with van der Waals surface area (Å²) >= 11 is 0. The van der Waals surface area contributed by atoms with E-state index in [0.29, 0.717) is 23.6 Å². The van der Waals surface area contributed by atoms with Crippen LogP contribution in [0, 0.1) is 5.92 Å². The lowest BCUT2D eigenvalue weighted by Crippen LogP contribution is -2.46. The molecule has 1 fully saturated rings. The molecule has 0 radical (unpaired) electrons. The van der Waals surface area contributed by atoms with Crippen LogP contribution in [0.5, 0.6) is 0 Å². The first-order chi connectivity index (χ1) is 11.7. The first-order valence-electron chi connectivity index (χ1n) is 9.12. The van der Waals surface area contributed by atoms with Crippen molar-refractivity contribution in [2.75, 3.05) is 4.90 Å². The number of carbonyl (C=O) groups is 2. The number of hydrogen-bond donors (Lipinski definition) is 1. The molecule has 2 aliphatic rings. The number of ether oxygens (including phenoxy) is 1. The van der Waals surface area contributed by atoms with Crippen molar-refractivity contribution in [3.05, 3.63) is 29.8 Å². The van der Waals surface area contributed by atoms with Gasteiger partial charge in [-0.1, -0.05) is 50.3 Å². The Bertz CT molecular complexity index is 673. The van der Waals surface area contributed by atoms with Gasteiger partial charge < -0.3 is 9.84 Å². The van der Waals surface area contributed by atoms with E-state index in [-0.39, 0.29) is 0 Å². The monoisotopic (exact) mass is 345 g/mol. The zero-order valence-electron chi connectivity index (χ0n) is 15.2. The van der Waals surface area contributed by atoms with E-state index < -0.39 is 23.2 Å². The number of para-hydroxylation sites is 1. The summed E-state index contributed by atoms with van der Waals surface area (Å²) in [7, 11) is 0. The lowest BCUT2D eigenvalue weighted by atomic mass is 9.78. The van der Waals surface area contributed by atoms with Crippen molar-refractivity contribution in [3.63, 3.8) is 0 Å². The fourth-order valence-electron chi connectivity index (χ4n) is 3.92. The summed E-state index contributed by atoms with van der Waals surface area (Å²) in [5, 5.41) is 11.3. The molecule has 1 N–H and O–H groups in total. The highest BCUT2D eigenvalue weighted by Crippen LogP contribution is 2.46. The SMILES string of the molecule is CC(C)(C)OC(=O)N1C(=O)[C@@](O)(CC2CCCCC2)c2ccccc21. The summed E-state index contributed by atoms with van der Waals surface area (Å²) in [6.45, 7) is 5.27. The van der Waals surface area contributed by atoms with Crippen molar-refractivity contribution >= 4 is 17.7 Å². The first kappa shape index (κ1) is 17.9. The van der Waals surface area contributed by atoms with Crippen molar-refractivity contribution in [1.29, 1.82) is 0 Å². The van der Waals surface area contributed by atoms with E-state index in [4.69, 9.17) is 4.74 Å². The number of rotatable bonds is 2. The molecule has 3 rings (SSSR count). The fourth-order valence-corrected chi connectivity index (χ4v) is 3.92. The summed E-state index contributed by atoms with van der Waals surface area (Å²) < 4.78 is 5.39. The van der Waals surface area contributed by atoms with Gasteiger partial charge in [0.15, 0.2) is 5.60 Å². The predicted octanol–water partition coefficient (Wildman–Crippen LogP) is 4.13. The summed E-state index contributed by atoms with van der Waals surface area (Å²) in [4.78, 5) is 26.6. The average Bonchev–Trinajstić information content (AvgIpc) is 2.75. The van der Waals surface area contributed by atoms with E-state index in [2.05, 4.69) is 0 Å². The minimum absolute atomic E-state index is 0.300. The van der Waals surface area contributed by atoms with Gasteiger partial charge in [0, 0.05) is 5.56 Å². The summed E-state index contributed by atoms with van der Waals surface area (Å²) in [6, 6.07) is 6.97. The van der Waals surface area contributed by atoms with Crippen molar-refractivity contribution in [2.24, 2.45) is 5.92 Å². The Labute approximate surface area is 149 Å². The lowest BCUT2D eigenvalue weighted by Gasteiger charge is -2.30. The molecule has 0 bridgehead atoms. The highest BCUT2D eigenvalue weighted by molar-refractivity contribution is 6.20. The molecule has 2 amide bonds. The van der Waals surface area contributed by atoms with Crippen LogP contribution in [0.4, 0.5) is 10.5 Å². The standard InChI is InChI=1S/C20H27NO4/c1-19(2,3)25-18(23)21-16-12-8-7-11-15(16)20(24,17(21)22)13-14-9-5-4-6-10-14/h7-8,11-12,14,24H,4-6,9-10,13H2,1-3H3/t20-/m1/s1. The zero-order chi connectivity index (χ0) is 18.2. The van der Waals surface area contributed by atoms with Crippen LogP contribution in [-0.4, -0.2) is 22.7 Å². The van der Waals surface area contributed by atoms with Crippen LogP contribution < -0.4 is 4.90 Å². The Hall–Kier alpha value is -1.88. The number of imide groups is 1. The second kappa shape index (κ2) is 6.45. The molecular weight excluding hydrogens is 318 g/mol. The Kier molecular flexibility index (Phi) is 4.62. The number of carbonyl (C=O) groups excluding carboxylic acids is 2. The molecule has 5 heteroatoms. The topological polar surface area (TPSA) is 66.8 Å². The normalized spacial score (nSPS) is 24.3. The molecule has 0 aromatic heterocycles. The van der Waals surface area contributed by atoms with E-state index in [1.807, 2.05) is 0 Å². The van der Waals surface area contributed by atoms with Crippen LogP contribution in [-0.2, 0) is 15.1 Å². The number of hydrogen-bond acceptors (Lipinski definition) is 4. The molecule has 1 aromatic rings. The second-order valence-corrected chi connectivity index (χ2v) is 8.21. The smallest absolute Gasteiger partial charge is 0.421 e. The van der Waals surface area contributed by atoms with Crippen molar-refractivity contribution in [1.82, 2.24) is 0 Å². The second-order valence-electron chi connectivity index (χ2n) is 8.21. The Morgan fingerprint density at radius 3 is 2.52 bits per heavy atom. The number of amides is 2. The van der Waals surface area contributed by atoms with Crippen LogP contribution in [0.1, 0.15) is 64.9 Å². The van der Waals surface area contributed by atoms with Crippen LogP contribution in [0.15, 0.2) is 24.3 Å². The molecular formula is C20H27NO4. The maximum atomic E-state index is 13.1. The summed E-state index contributed by atoms with van der Waals surface area (Å²) in [5.41, 5.74) is -1.41. The van der Waals surface area contributed by atoms with Crippen molar-refractivity contribution < 1.29 is 19.4 Å². The molecule has 1 aliphatic heterocycles. The third-order valence-electron chi connectivity index (χ3n) is 5.03. The Morgan fingerprint density at radius 1 is 1.24 bits per heavy atom. The molecule has 1 saturated carbocycles. The van der Waals surface area contributed by atoms with Crippen LogP contribution in [0.3, 0.4) is 0 Å². The number of aliphatic hydroxyl groups is 1. The molecule has 1 aliphatic carbocycles. The molecule has 1 aromatic carbocycles. The lowest BCUT2D eigenvalue weighted by molar-refractivity contribution is -0.138. The predicted molar refractivity (Wildman–Crippen MR) is 95.3 cm³/mol. The molecule has 0 unspecified atom stereocenters. The largest absolute Gasteiger partial charge is 0.443 e. The van der Waals surface area contributed by atoms with Gasteiger partial charge in [-0.15, -0.1) is 0 Å². The van der Waals surface area contributed by atoms with Gasteiger partial charge in [-0.25, -0.2) is 9.69 Å². The quantitative estimate of drug-likeness (QED) is 0.875. The summed E-state index contributed by atoms with van der Waals surface area (Å²) in [5.74, 6) is -0.289. The number of fused-ring (bicyclic) bond motifs is 1. The zero-order valence-corrected chi connectivity index (χ0v) is 15.2. The molecule has 1 heterocycles. The molecule has 25 heavy (non-hydrogen) atoms. The third-order valence-corrected chi connectivity index (χ3v) is 5.03. The third kappa shape index (κ3) is 3.43. The van der Waals surface area contributed by atoms with Gasteiger partial charge >= 0.3 is 6.09 Å². The molecule has 1 atom stereocenters. The van der Waals surface area contributed by atoms with Gasteiger partial charge in [0.05, 0.1) is 5.69 Å². The highest BCUT2D eigenvalue weighted by atomic mass is 16.6. The van der Waals surface area contributed by atoms with Gasteiger partial charge in [0.25, 0.3) is 5.91 Å². The van der Waals surface area contributed by atoms with Crippen molar-refractivity contribution in [3.8, 4) is 0 Å². The van der Waals surface area contributed by atoms with E-state index in [1.54, 1.807) is 45.0 Å². The van der Waals surface area contributed by atoms with Crippen LogP contribution in [0.2, 0.25) is 0 Å². The average molecular weight is 345 g/mol. The molecule has 5 nitrogen and oxygen atoms in total. The van der Waals surface area contributed by atoms with Gasteiger partial charge in [0.2, 0.25) is 0 Å².